The monoisotopic (exact) mass is 500 g/mol. The Morgan fingerprint density at radius 2 is 1.69 bits per heavy atom. The SMILES string of the molecule is C[C@@H]1c2cccc(O)c2C(=O)C2C(=O)[C@@]3(O)C(=O)C(C(=O)NC(C)(C)C)C(=O)[C@H](N(C)C)[C@H]3[C@H](O)[C@H]21. The molecule has 1 aromatic carbocycles. The first kappa shape index (κ1) is 26.1. The lowest BCUT2D eigenvalue weighted by Crippen LogP contribution is -2.78. The van der Waals surface area contributed by atoms with Crippen molar-refractivity contribution in [2.24, 2.45) is 23.7 Å². The number of aliphatic hydroxyl groups excluding tert-OH is 1. The van der Waals surface area contributed by atoms with Crippen molar-refractivity contribution in [1.82, 2.24) is 10.2 Å². The highest BCUT2D eigenvalue weighted by molar-refractivity contribution is 6.32. The van der Waals surface area contributed by atoms with Crippen molar-refractivity contribution in [3.63, 3.8) is 0 Å². The van der Waals surface area contributed by atoms with Gasteiger partial charge < -0.3 is 20.6 Å². The topological polar surface area (TPSA) is 161 Å². The number of aliphatic hydroxyl groups is 2. The number of rotatable bonds is 2. The molecule has 194 valence electrons. The predicted molar refractivity (Wildman–Crippen MR) is 126 cm³/mol. The summed E-state index contributed by atoms with van der Waals surface area (Å²) < 4.78 is 0. The number of benzene rings is 1. The van der Waals surface area contributed by atoms with E-state index < -0.39 is 81.9 Å². The molecule has 0 radical (unpaired) electrons. The average Bonchev–Trinajstić information content (AvgIpc) is 2.75. The second-order valence-corrected chi connectivity index (χ2v) is 11.4. The second kappa shape index (κ2) is 8.29. The number of carbonyl (C=O) groups excluding carboxylic acids is 5. The summed E-state index contributed by atoms with van der Waals surface area (Å²) in [5, 5.41) is 36.3. The number of fused-ring (bicyclic) bond motifs is 3. The Kier molecular flexibility index (Phi) is 6.02. The van der Waals surface area contributed by atoms with Gasteiger partial charge in [-0.05, 0) is 52.4 Å². The summed E-state index contributed by atoms with van der Waals surface area (Å²) >= 11 is 0. The summed E-state index contributed by atoms with van der Waals surface area (Å²) in [7, 11) is 2.98. The van der Waals surface area contributed by atoms with Gasteiger partial charge in [0, 0.05) is 11.5 Å². The van der Waals surface area contributed by atoms with Gasteiger partial charge in [-0.25, -0.2) is 0 Å². The first-order valence-corrected chi connectivity index (χ1v) is 11.9. The molecule has 3 aliphatic rings. The Morgan fingerprint density at radius 3 is 2.25 bits per heavy atom. The number of nitrogens with zero attached hydrogens (tertiary/aromatic N) is 1. The van der Waals surface area contributed by atoms with Crippen LogP contribution in [0.3, 0.4) is 0 Å². The van der Waals surface area contributed by atoms with Gasteiger partial charge >= 0.3 is 0 Å². The summed E-state index contributed by atoms with van der Waals surface area (Å²) in [6.45, 7) is 6.63. The summed E-state index contributed by atoms with van der Waals surface area (Å²) in [6.07, 6.45) is -1.61. The molecular weight excluding hydrogens is 468 g/mol. The zero-order valence-corrected chi connectivity index (χ0v) is 21.1. The highest BCUT2D eigenvalue weighted by atomic mass is 16.3. The molecule has 4 rings (SSSR count). The molecule has 10 heteroatoms. The van der Waals surface area contributed by atoms with Crippen LogP contribution in [0.5, 0.6) is 5.75 Å². The van der Waals surface area contributed by atoms with Crippen LogP contribution in [0.2, 0.25) is 0 Å². The van der Waals surface area contributed by atoms with Crippen LogP contribution in [0, 0.1) is 23.7 Å². The van der Waals surface area contributed by atoms with Gasteiger partial charge in [0.05, 0.1) is 29.5 Å². The Bertz CT molecular complexity index is 1180. The van der Waals surface area contributed by atoms with Crippen LogP contribution in [0.1, 0.15) is 49.5 Å². The van der Waals surface area contributed by atoms with Crippen LogP contribution in [0.15, 0.2) is 18.2 Å². The van der Waals surface area contributed by atoms with Crippen LogP contribution >= 0.6 is 0 Å². The molecule has 2 unspecified atom stereocenters. The Balaban J connectivity index is 1.91. The molecule has 0 aromatic heterocycles. The fourth-order valence-electron chi connectivity index (χ4n) is 6.37. The number of carbonyl (C=O) groups is 5. The molecular formula is C26H32N2O8. The molecule has 0 bridgehead atoms. The van der Waals surface area contributed by atoms with Gasteiger partial charge in [-0.3, -0.25) is 28.9 Å². The van der Waals surface area contributed by atoms with Gasteiger partial charge in [0.2, 0.25) is 5.91 Å². The molecule has 1 aromatic rings. The highest BCUT2D eigenvalue weighted by Crippen LogP contribution is 2.54. The summed E-state index contributed by atoms with van der Waals surface area (Å²) in [6, 6.07) is 3.10. The molecule has 0 spiro atoms. The number of amides is 1. The van der Waals surface area contributed by atoms with Crippen molar-refractivity contribution < 1.29 is 39.3 Å². The van der Waals surface area contributed by atoms with Crippen LogP contribution < -0.4 is 5.32 Å². The van der Waals surface area contributed by atoms with E-state index in [1.54, 1.807) is 39.8 Å². The quantitative estimate of drug-likeness (QED) is 0.404. The van der Waals surface area contributed by atoms with E-state index in [-0.39, 0.29) is 11.3 Å². The lowest BCUT2D eigenvalue weighted by atomic mass is 9.49. The molecule has 4 N–H and O–H groups in total. The van der Waals surface area contributed by atoms with Crippen molar-refractivity contribution in [2.45, 2.75) is 56.9 Å². The van der Waals surface area contributed by atoms with Gasteiger partial charge in [-0.1, -0.05) is 19.1 Å². The summed E-state index contributed by atoms with van der Waals surface area (Å²) in [5.41, 5.74) is -3.45. The minimum absolute atomic E-state index is 0.0978. The van der Waals surface area contributed by atoms with Crippen molar-refractivity contribution in [3.8, 4) is 5.75 Å². The van der Waals surface area contributed by atoms with Gasteiger partial charge in [0.25, 0.3) is 0 Å². The van der Waals surface area contributed by atoms with E-state index >= 15 is 0 Å². The maximum Gasteiger partial charge on any atom is 0.238 e. The number of phenolic OH excluding ortho intramolecular Hbond substituents is 1. The smallest absolute Gasteiger partial charge is 0.238 e. The molecule has 36 heavy (non-hydrogen) atoms. The van der Waals surface area contributed by atoms with E-state index in [4.69, 9.17) is 0 Å². The molecule has 2 saturated carbocycles. The third-order valence-electron chi connectivity index (χ3n) is 7.83. The number of aromatic hydroxyl groups is 1. The third kappa shape index (κ3) is 3.46. The largest absolute Gasteiger partial charge is 0.507 e. The van der Waals surface area contributed by atoms with E-state index in [0.717, 1.165) is 0 Å². The van der Waals surface area contributed by atoms with E-state index in [1.807, 2.05) is 0 Å². The maximum absolute atomic E-state index is 13.9. The van der Waals surface area contributed by atoms with Crippen LogP contribution in [0.25, 0.3) is 0 Å². The second-order valence-electron chi connectivity index (χ2n) is 11.4. The predicted octanol–water partition coefficient (Wildman–Crippen LogP) is -0.172. The average molecular weight is 501 g/mol. The molecule has 1 amide bonds. The molecule has 0 aliphatic heterocycles. The molecule has 10 nitrogen and oxygen atoms in total. The van der Waals surface area contributed by atoms with Crippen LogP contribution in [-0.4, -0.2) is 86.6 Å². The Hall–Kier alpha value is -2.95. The number of hydrogen-bond donors (Lipinski definition) is 4. The molecule has 2 fully saturated rings. The highest BCUT2D eigenvalue weighted by Gasteiger charge is 2.73. The summed E-state index contributed by atoms with van der Waals surface area (Å²) in [5.74, 6) is -12.4. The van der Waals surface area contributed by atoms with E-state index in [0.29, 0.717) is 5.56 Å². The van der Waals surface area contributed by atoms with Crippen molar-refractivity contribution in [3.05, 3.63) is 29.3 Å². The van der Waals surface area contributed by atoms with Gasteiger partial charge in [-0.2, -0.15) is 0 Å². The van der Waals surface area contributed by atoms with Crippen molar-refractivity contribution >= 4 is 29.0 Å². The fraction of sp³-hybridized carbons (Fsp3) is 0.577. The normalized spacial score (nSPS) is 36.3. The minimum Gasteiger partial charge on any atom is -0.507 e. The first-order valence-electron chi connectivity index (χ1n) is 11.9. The third-order valence-corrected chi connectivity index (χ3v) is 7.83. The van der Waals surface area contributed by atoms with E-state index in [1.165, 1.54) is 25.1 Å². The zero-order chi connectivity index (χ0) is 27.1. The number of nitrogens with one attached hydrogen (secondary N) is 1. The van der Waals surface area contributed by atoms with Crippen LogP contribution in [-0.2, 0) is 19.2 Å². The number of ketones is 4. The van der Waals surface area contributed by atoms with E-state index in [9.17, 15) is 39.3 Å². The number of phenols is 1. The van der Waals surface area contributed by atoms with Crippen molar-refractivity contribution in [1.29, 1.82) is 0 Å². The fourth-order valence-corrected chi connectivity index (χ4v) is 6.37. The van der Waals surface area contributed by atoms with Gasteiger partial charge in [-0.15, -0.1) is 0 Å². The lowest BCUT2D eigenvalue weighted by Gasteiger charge is -2.56. The van der Waals surface area contributed by atoms with Gasteiger partial charge in [0.1, 0.15) is 5.75 Å². The maximum atomic E-state index is 13.9. The summed E-state index contributed by atoms with van der Waals surface area (Å²) in [4.78, 5) is 69.1. The van der Waals surface area contributed by atoms with Crippen molar-refractivity contribution in [2.75, 3.05) is 14.1 Å². The Morgan fingerprint density at radius 1 is 1.08 bits per heavy atom. The standard InChI is InChI=1S/C26H32N2O8/c1-10-11-8-7-9-12(29)14(11)19(30)15-13(10)20(31)17-18(28(5)6)21(32)16(24(35)27-25(2,3)4)23(34)26(17,36)22(15)33/h7-10,13,15-18,20,29,31,36H,1-6H3,(H,27,35)/t10-,13+,15?,16?,17+,18-,20-,26-/m1/s1. The Labute approximate surface area is 208 Å². The molecule has 8 atom stereocenters. The number of Topliss-reactive ketones (excluding diaryl/α,β-unsaturated/α-hetero) is 4. The minimum atomic E-state index is -2.96. The van der Waals surface area contributed by atoms with E-state index in [2.05, 4.69) is 5.32 Å². The molecule has 3 aliphatic carbocycles. The van der Waals surface area contributed by atoms with Gasteiger partial charge in [0.15, 0.2) is 34.7 Å². The number of likely N-dealkylation sites (N-methyl/N-ethyl adjacent to an activating group) is 1. The lowest BCUT2D eigenvalue weighted by molar-refractivity contribution is -0.197. The van der Waals surface area contributed by atoms with Crippen LogP contribution in [0.4, 0.5) is 0 Å². The zero-order valence-electron chi connectivity index (χ0n) is 21.1. The first-order chi connectivity index (χ1) is 16.6. The number of hydrogen-bond acceptors (Lipinski definition) is 9. The molecule has 0 saturated heterocycles. The molecule has 0 heterocycles.